The van der Waals surface area contributed by atoms with Crippen molar-refractivity contribution >= 4 is 63.4 Å². The van der Waals surface area contributed by atoms with Crippen molar-refractivity contribution in [3.8, 4) is 0 Å². The molecule has 178 valence electrons. The Morgan fingerprint density at radius 2 is 1.52 bits per heavy atom. The lowest BCUT2D eigenvalue weighted by atomic mass is 9.94. The summed E-state index contributed by atoms with van der Waals surface area (Å²) in [4.78, 5) is 21.8. The van der Waals surface area contributed by atoms with Gasteiger partial charge in [-0.3, -0.25) is 4.79 Å². The highest BCUT2D eigenvalue weighted by Crippen LogP contribution is 2.54. The highest BCUT2D eigenvalue weighted by Gasteiger charge is 2.73. The summed E-state index contributed by atoms with van der Waals surface area (Å²) in [6.07, 6.45) is -11.8. The number of alkyl halides is 7. The number of nitrogens with one attached hydrogen (secondary N) is 2. The molecule has 1 aromatic carbocycles. The second kappa shape index (κ2) is 9.52. The molecule has 2 N–H and O–H groups in total. The Balaban J connectivity index is 2.49. The van der Waals surface area contributed by atoms with Crippen LogP contribution >= 0.6 is 46.1 Å². The maximum atomic E-state index is 14.2. The summed E-state index contributed by atoms with van der Waals surface area (Å²) < 4.78 is 91.8. The SMILES string of the molecule is N=N/C(=C\Nc1c(Cl)cc(C(F)(C(F)(F)F)C(F)(F)F)cc1Cl)c1cc(C(=O)N=O)c(Cl)s1. The number of carbonyl (C=O) groups is 1. The van der Waals surface area contributed by atoms with E-state index < -0.39 is 45.2 Å². The van der Waals surface area contributed by atoms with Crippen LogP contribution in [0.5, 0.6) is 0 Å². The molecule has 0 bridgehead atoms. The number of anilines is 1. The average Bonchev–Trinajstić information content (AvgIpc) is 3.08. The minimum absolute atomic E-state index is 0.0512. The van der Waals surface area contributed by atoms with Crippen LogP contribution in [0.4, 0.5) is 36.4 Å². The van der Waals surface area contributed by atoms with Crippen molar-refractivity contribution in [2.24, 2.45) is 10.3 Å². The zero-order valence-corrected chi connectivity index (χ0v) is 18.3. The first-order valence-corrected chi connectivity index (χ1v) is 9.87. The fraction of sp³-hybridized carbons (Fsp3) is 0.188. The second-order valence-corrected chi connectivity index (χ2v) is 8.42. The molecular formula is C16H6Cl3F7N4O2S. The van der Waals surface area contributed by atoms with E-state index in [1.165, 1.54) is 0 Å². The van der Waals surface area contributed by atoms with Gasteiger partial charge in [0.1, 0.15) is 10.0 Å². The van der Waals surface area contributed by atoms with Gasteiger partial charge < -0.3 is 5.32 Å². The Hall–Kier alpha value is -2.29. The van der Waals surface area contributed by atoms with Gasteiger partial charge in [0.15, 0.2) is 0 Å². The molecule has 1 amide bonds. The average molecular weight is 558 g/mol. The first-order chi connectivity index (χ1) is 15.1. The van der Waals surface area contributed by atoms with E-state index in [2.05, 4.69) is 15.6 Å². The molecule has 1 heterocycles. The van der Waals surface area contributed by atoms with Crippen molar-refractivity contribution in [3.63, 3.8) is 0 Å². The number of benzene rings is 1. The van der Waals surface area contributed by atoms with Gasteiger partial charge in [-0.2, -0.15) is 31.5 Å². The van der Waals surface area contributed by atoms with Gasteiger partial charge >= 0.3 is 23.9 Å². The molecule has 0 spiro atoms. The molecule has 0 fully saturated rings. The molecule has 17 heteroatoms. The third-order valence-electron chi connectivity index (χ3n) is 3.95. The lowest BCUT2D eigenvalue weighted by molar-refractivity contribution is -0.348. The maximum absolute atomic E-state index is 14.2. The zero-order chi connectivity index (χ0) is 25.4. The van der Waals surface area contributed by atoms with Gasteiger partial charge in [-0.1, -0.05) is 34.8 Å². The quantitative estimate of drug-likeness (QED) is 0.212. The van der Waals surface area contributed by atoms with E-state index in [-0.39, 0.29) is 32.6 Å². The Kier molecular flexibility index (Phi) is 7.78. The van der Waals surface area contributed by atoms with Gasteiger partial charge in [0, 0.05) is 16.9 Å². The smallest absolute Gasteiger partial charge is 0.357 e. The summed E-state index contributed by atoms with van der Waals surface area (Å²) in [5.41, 5.74) is -1.43. The molecule has 0 saturated carbocycles. The van der Waals surface area contributed by atoms with E-state index in [4.69, 9.17) is 40.3 Å². The Labute approximate surface area is 197 Å². The predicted octanol–water partition coefficient (Wildman–Crippen LogP) is 8.35. The molecule has 0 radical (unpaired) electrons. The minimum Gasteiger partial charge on any atom is -0.357 e. The molecule has 6 nitrogen and oxygen atoms in total. The number of hydrogen-bond acceptors (Lipinski definition) is 6. The van der Waals surface area contributed by atoms with E-state index in [0.29, 0.717) is 11.3 Å². The molecule has 2 aromatic rings. The highest BCUT2D eigenvalue weighted by atomic mass is 35.5. The monoisotopic (exact) mass is 556 g/mol. The van der Waals surface area contributed by atoms with Crippen LogP contribution in [0.3, 0.4) is 0 Å². The third kappa shape index (κ3) is 5.13. The Bertz CT molecular complexity index is 1110. The van der Waals surface area contributed by atoms with Crippen molar-refractivity contribution in [2.75, 3.05) is 5.32 Å². The number of carbonyl (C=O) groups excluding carboxylic acids is 1. The normalized spacial score (nSPS) is 13.1. The number of nitrogens with zero attached hydrogens (tertiary/aromatic N) is 2. The molecule has 0 unspecified atom stereocenters. The fourth-order valence-corrected chi connectivity index (χ4v) is 4.20. The van der Waals surface area contributed by atoms with Gasteiger partial charge in [-0.25, -0.2) is 9.92 Å². The van der Waals surface area contributed by atoms with Gasteiger partial charge in [-0.05, 0) is 18.2 Å². The standard InChI is InChI=1S/C16H6Cl3F7N4O2S/c17-7-1-5(14(20,15(21,22)23)16(24,25)26)2-8(18)11(7)28-4-9(29-27)10-3-6(12(19)33-10)13(31)30-32/h1-4,27-28H/b9-4-,29-27?. The second-order valence-electron chi connectivity index (χ2n) is 5.95. The van der Waals surface area contributed by atoms with Crippen LogP contribution in [0.15, 0.2) is 34.7 Å². The summed E-state index contributed by atoms with van der Waals surface area (Å²) in [7, 11) is 0. The number of thiophene rings is 1. The van der Waals surface area contributed by atoms with Crippen molar-refractivity contribution in [1.82, 2.24) is 0 Å². The number of hydrogen-bond donors (Lipinski definition) is 2. The molecule has 0 aliphatic rings. The van der Waals surface area contributed by atoms with Crippen LogP contribution in [0.1, 0.15) is 20.8 Å². The number of halogens is 10. The van der Waals surface area contributed by atoms with Crippen LogP contribution in [-0.4, -0.2) is 18.3 Å². The van der Waals surface area contributed by atoms with Gasteiger partial charge in [0.2, 0.25) is 0 Å². The van der Waals surface area contributed by atoms with Crippen molar-refractivity contribution in [3.05, 3.63) is 59.7 Å². The van der Waals surface area contributed by atoms with E-state index in [1.54, 1.807) is 0 Å². The summed E-state index contributed by atoms with van der Waals surface area (Å²) in [6.45, 7) is 0. The van der Waals surface area contributed by atoms with E-state index in [0.717, 1.165) is 12.3 Å². The van der Waals surface area contributed by atoms with Gasteiger partial charge in [0.25, 0.3) is 0 Å². The number of amides is 1. The summed E-state index contributed by atoms with van der Waals surface area (Å²) in [5, 5.41) is 6.01. The first kappa shape index (κ1) is 27.0. The van der Waals surface area contributed by atoms with Crippen molar-refractivity contribution in [1.29, 1.82) is 5.53 Å². The van der Waals surface area contributed by atoms with Crippen LogP contribution in [-0.2, 0) is 5.67 Å². The van der Waals surface area contributed by atoms with Crippen LogP contribution in [0.2, 0.25) is 14.4 Å². The van der Waals surface area contributed by atoms with E-state index >= 15 is 0 Å². The fourth-order valence-electron chi connectivity index (χ4n) is 2.39. The number of rotatable bonds is 6. The van der Waals surface area contributed by atoms with Gasteiger partial charge in [0.05, 0.1) is 26.2 Å². The highest BCUT2D eigenvalue weighted by molar-refractivity contribution is 7.17. The van der Waals surface area contributed by atoms with Gasteiger partial charge in [-0.15, -0.1) is 16.2 Å². The first-order valence-electron chi connectivity index (χ1n) is 7.91. The van der Waals surface area contributed by atoms with E-state index in [1.807, 2.05) is 0 Å². The molecule has 0 aliphatic carbocycles. The maximum Gasteiger partial charge on any atom is 0.435 e. The third-order valence-corrected chi connectivity index (χ3v) is 5.92. The van der Waals surface area contributed by atoms with Crippen molar-refractivity contribution < 1.29 is 35.5 Å². The molecule has 0 aliphatic heterocycles. The molecule has 2 rings (SSSR count). The molecule has 0 saturated heterocycles. The zero-order valence-electron chi connectivity index (χ0n) is 15.2. The lowest BCUT2D eigenvalue weighted by Crippen LogP contribution is -2.50. The topological polar surface area (TPSA) is 94.7 Å². The molecule has 0 atom stereocenters. The summed E-state index contributed by atoms with van der Waals surface area (Å²) in [5.74, 6) is -1.20. The number of nitroso groups, excluding NO2 is 1. The minimum atomic E-state index is -6.37. The van der Waals surface area contributed by atoms with Crippen LogP contribution in [0, 0.1) is 10.4 Å². The predicted molar refractivity (Wildman–Crippen MR) is 108 cm³/mol. The Morgan fingerprint density at radius 3 is 1.94 bits per heavy atom. The molecular weight excluding hydrogens is 552 g/mol. The van der Waals surface area contributed by atoms with E-state index in [9.17, 15) is 40.4 Å². The lowest BCUT2D eigenvalue weighted by Gasteiger charge is -2.30. The summed E-state index contributed by atoms with van der Waals surface area (Å²) in [6, 6.07) is 1.26. The summed E-state index contributed by atoms with van der Waals surface area (Å²) >= 11 is 18.0. The van der Waals surface area contributed by atoms with Crippen LogP contribution < -0.4 is 5.32 Å². The van der Waals surface area contributed by atoms with Crippen molar-refractivity contribution in [2.45, 2.75) is 18.0 Å². The van der Waals surface area contributed by atoms with Crippen LogP contribution in [0.25, 0.3) is 5.70 Å². The Morgan fingerprint density at radius 1 is 1.00 bits per heavy atom. The largest absolute Gasteiger partial charge is 0.435 e. The molecule has 1 aromatic heterocycles. The molecule has 33 heavy (non-hydrogen) atoms.